The van der Waals surface area contributed by atoms with Crippen molar-refractivity contribution in [2.24, 2.45) is 0 Å². The lowest BCUT2D eigenvalue weighted by atomic mass is 10.1. The third-order valence-corrected chi connectivity index (χ3v) is 4.82. The van der Waals surface area contributed by atoms with Gasteiger partial charge in [-0.05, 0) is 37.0 Å². The number of rotatable bonds is 17. The third kappa shape index (κ3) is 22.7. The molecule has 1 atom stereocenters. The van der Waals surface area contributed by atoms with Crippen LogP contribution in [0.25, 0.3) is 0 Å². The molecule has 0 aromatic carbocycles. The summed E-state index contributed by atoms with van der Waals surface area (Å²) in [5.41, 5.74) is 0. The van der Waals surface area contributed by atoms with Crippen molar-refractivity contribution in [1.82, 2.24) is 0 Å². The van der Waals surface area contributed by atoms with Gasteiger partial charge in [0.05, 0.1) is 6.61 Å². The molecule has 0 heterocycles. The fraction of sp³-hybridized carbons (Fsp3) is 0.667. The number of carbonyl (C=O) groups excluding carboxylic acids is 2. The molecule has 0 fully saturated rings. The fourth-order valence-corrected chi connectivity index (χ4v) is 3.07. The summed E-state index contributed by atoms with van der Waals surface area (Å²) in [4.78, 5) is 41.4. The second-order valence-electron chi connectivity index (χ2n) is 7.30. The summed E-state index contributed by atoms with van der Waals surface area (Å²) in [5.74, 6) is 12.6. The van der Waals surface area contributed by atoms with Crippen molar-refractivity contribution in [1.29, 1.82) is 0 Å². The Morgan fingerprint density at radius 2 is 1.42 bits per heavy atom. The van der Waals surface area contributed by atoms with Gasteiger partial charge in [0, 0.05) is 12.3 Å². The molecular formula is C24H35O8P. The molecule has 2 N–H and O–H groups in total. The van der Waals surface area contributed by atoms with Crippen molar-refractivity contribution >= 4 is 19.8 Å². The molecule has 0 amide bonds. The van der Waals surface area contributed by atoms with Crippen molar-refractivity contribution in [2.75, 3.05) is 13.2 Å². The highest BCUT2D eigenvalue weighted by Crippen LogP contribution is 2.35. The Hall–Kier alpha value is -2.27. The molecule has 0 spiro atoms. The molecule has 0 aliphatic rings. The monoisotopic (exact) mass is 482 g/mol. The van der Waals surface area contributed by atoms with Crippen LogP contribution < -0.4 is 0 Å². The molecule has 33 heavy (non-hydrogen) atoms. The molecule has 9 heteroatoms. The van der Waals surface area contributed by atoms with Gasteiger partial charge < -0.3 is 19.3 Å². The minimum atomic E-state index is -4.78. The first-order valence-electron chi connectivity index (χ1n) is 11.3. The van der Waals surface area contributed by atoms with E-state index in [0.717, 1.165) is 19.3 Å². The second kappa shape index (κ2) is 20.3. The molecule has 0 radical (unpaired) electrons. The van der Waals surface area contributed by atoms with Gasteiger partial charge in [0.1, 0.15) is 6.61 Å². The van der Waals surface area contributed by atoms with Crippen molar-refractivity contribution < 1.29 is 37.9 Å². The van der Waals surface area contributed by atoms with Gasteiger partial charge in [-0.2, -0.15) is 0 Å². The number of ether oxygens (including phenoxy) is 2. The predicted octanol–water partition coefficient (Wildman–Crippen LogP) is 3.89. The van der Waals surface area contributed by atoms with Crippen LogP contribution in [-0.4, -0.2) is 41.0 Å². The van der Waals surface area contributed by atoms with Crippen LogP contribution in [0.15, 0.2) is 0 Å². The van der Waals surface area contributed by atoms with Gasteiger partial charge in [-0.3, -0.25) is 9.32 Å². The zero-order chi connectivity index (χ0) is 24.8. The average molecular weight is 483 g/mol. The lowest BCUT2D eigenvalue weighted by Gasteiger charge is -2.17. The van der Waals surface area contributed by atoms with Crippen LogP contribution in [0.5, 0.6) is 0 Å². The van der Waals surface area contributed by atoms with Gasteiger partial charge in [0.2, 0.25) is 0 Å². The van der Waals surface area contributed by atoms with Gasteiger partial charge >= 0.3 is 19.8 Å². The number of phosphoric ester groups is 1. The van der Waals surface area contributed by atoms with Crippen molar-refractivity contribution in [3.8, 4) is 35.5 Å². The Morgan fingerprint density at radius 1 is 0.848 bits per heavy atom. The molecule has 0 aromatic heterocycles. The van der Waals surface area contributed by atoms with Crippen LogP contribution >= 0.6 is 7.82 Å². The number of unbranched alkanes of at least 4 members (excludes halogenated alkanes) is 9. The van der Waals surface area contributed by atoms with Crippen LogP contribution in [0.4, 0.5) is 0 Å². The highest BCUT2D eigenvalue weighted by Gasteiger charge is 2.22. The first-order valence-corrected chi connectivity index (χ1v) is 12.8. The summed E-state index contributed by atoms with van der Waals surface area (Å²) >= 11 is 0. The highest BCUT2D eigenvalue weighted by molar-refractivity contribution is 7.46. The zero-order valence-corrected chi connectivity index (χ0v) is 20.5. The molecule has 0 aliphatic heterocycles. The Morgan fingerprint density at radius 3 is 2.00 bits per heavy atom. The van der Waals surface area contributed by atoms with Crippen LogP contribution in [0.1, 0.15) is 84.5 Å². The molecule has 0 rings (SSSR count). The topological polar surface area (TPSA) is 119 Å². The summed E-state index contributed by atoms with van der Waals surface area (Å²) < 4.78 is 25.3. The highest BCUT2D eigenvalue weighted by atomic mass is 31.2. The van der Waals surface area contributed by atoms with Crippen molar-refractivity contribution in [3.63, 3.8) is 0 Å². The van der Waals surface area contributed by atoms with Gasteiger partial charge in [0.25, 0.3) is 0 Å². The van der Waals surface area contributed by atoms with Crippen molar-refractivity contribution in [2.45, 2.75) is 90.6 Å². The standard InChI is InChI=1S/C24H35O8P/c1-3-5-7-9-10-11-12-13-15-17-19-24(26)32-22(21-31-33(27,28)29)20-30-23(25)18-16-14-8-6-4-2/h22H,3,5,7,9-13,15,17,19-21H2,1-2H3,(H2,27,28,29)/t22-/m0/s1. The third-order valence-electron chi connectivity index (χ3n) is 4.34. The molecule has 0 bridgehead atoms. The zero-order valence-electron chi connectivity index (χ0n) is 19.6. The Kier molecular flexibility index (Phi) is 18.9. The van der Waals surface area contributed by atoms with Crippen LogP contribution in [0.3, 0.4) is 0 Å². The number of hydrogen-bond acceptors (Lipinski definition) is 6. The number of hydrogen-bond donors (Lipinski definition) is 2. The Bertz CT molecular complexity index is 798. The maximum Gasteiger partial charge on any atom is 0.469 e. The number of phosphoric acid groups is 1. The molecule has 184 valence electrons. The van der Waals surface area contributed by atoms with E-state index in [0.29, 0.717) is 6.42 Å². The van der Waals surface area contributed by atoms with Gasteiger partial charge in [-0.15, -0.1) is 0 Å². The smallest absolute Gasteiger partial charge is 0.456 e. The normalized spacial score (nSPS) is 11.0. The number of esters is 2. The van der Waals surface area contributed by atoms with E-state index in [1.807, 2.05) is 0 Å². The van der Waals surface area contributed by atoms with Crippen LogP contribution in [0, 0.1) is 35.5 Å². The minimum absolute atomic E-state index is 0.157. The Balaban J connectivity index is 4.31. The van der Waals surface area contributed by atoms with E-state index in [9.17, 15) is 14.2 Å². The Labute approximate surface area is 197 Å². The van der Waals surface area contributed by atoms with E-state index < -0.39 is 39.1 Å². The number of carbonyl (C=O) groups is 2. The maximum absolute atomic E-state index is 12.1. The lowest BCUT2D eigenvalue weighted by molar-refractivity contribution is -0.158. The summed E-state index contributed by atoms with van der Waals surface area (Å²) in [6, 6.07) is 0. The molecule has 0 saturated heterocycles. The predicted molar refractivity (Wildman–Crippen MR) is 124 cm³/mol. The molecule has 8 nitrogen and oxygen atoms in total. The maximum atomic E-state index is 12.1. The SMILES string of the molecule is CC#CC#CC#CC(=O)OC[C@@H](COP(=O)(O)O)OC(=O)CCCCCCCCCCCC. The van der Waals surface area contributed by atoms with Gasteiger partial charge in [0.15, 0.2) is 6.10 Å². The van der Waals surface area contributed by atoms with E-state index in [4.69, 9.17) is 19.3 Å². The largest absolute Gasteiger partial charge is 0.469 e. The second-order valence-corrected chi connectivity index (χ2v) is 8.54. The van der Waals surface area contributed by atoms with Gasteiger partial charge in [-0.1, -0.05) is 70.6 Å². The van der Waals surface area contributed by atoms with Crippen molar-refractivity contribution in [3.05, 3.63) is 0 Å². The summed E-state index contributed by atoms with van der Waals surface area (Å²) in [6.45, 7) is 2.72. The van der Waals surface area contributed by atoms with E-state index >= 15 is 0 Å². The van der Waals surface area contributed by atoms with E-state index in [2.05, 4.69) is 47.0 Å². The van der Waals surface area contributed by atoms with E-state index in [-0.39, 0.29) is 6.42 Å². The molecule has 0 aromatic rings. The van der Waals surface area contributed by atoms with Gasteiger partial charge in [-0.25, -0.2) is 9.36 Å². The first kappa shape index (κ1) is 30.7. The van der Waals surface area contributed by atoms with Crippen LogP contribution in [0.2, 0.25) is 0 Å². The quantitative estimate of drug-likeness (QED) is 0.105. The van der Waals surface area contributed by atoms with E-state index in [1.54, 1.807) is 6.92 Å². The molecule has 0 aliphatic carbocycles. The molecule has 0 saturated carbocycles. The minimum Gasteiger partial charge on any atom is -0.456 e. The van der Waals surface area contributed by atoms with Crippen LogP contribution in [-0.2, 0) is 28.2 Å². The average Bonchev–Trinajstić information content (AvgIpc) is 2.76. The fourth-order valence-electron chi connectivity index (χ4n) is 2.71. The molecule has 0 unspecified atom stereocenters. The summed E-state index contributed by atoms with van der Waals surface area (Å²) in [6.07, 6.45) is 10.2. The van der Waals surface area contributed by atoms with E-state index in [1.165, 1.54) is 38.5 Å². The lowest BCUT2D eigenvalue weighted by Crippen LogP contribution is -2.29. The summed E-state index contributed by atoms with van der Waals surface area (Å²) in [5, 5.41) is 0. The first-order chi connectivity index (χ1) is 15.8. The summed E-state index contributed by atoms with van der Waals surface area (Å²) in [7, 11) is -4.78. The molecular weight excluding hydrogens is 447 g/mol.